The number of anilines is 1. The van der Waals surface area contributed by atoms with Gasteiger partial charge in [-0.05, 0) is 18.6 Å². The van der Waals surface area contributed by atoms with E-state index in [-0.39, 0.29) is 6.42 Å². The summed E-state index contributed by atoms with van der Waals surface area (Å²) in [7, 11) is 1.56. The van der Waals surface area contributed by atoms with Crippen molar-refractivity contribution in [3.05, 3.63) is 18.2 Å². The lowest BCUT2D eigenvalue weighted by atomic mass is 10.3. The van der Waals surface area contributed by atoms with Crippen molar-refractivity contribution in [1.29, 1.82) is 0 Å². The van der Waals surface area contributed by atoms with Crippen LogP contribution in [0.5, 0.6) is 11.5 Å². The van der Waals surface area contributed by atoms with Gasteiger partial charge in [0, 0.05) is 12.5 Å². The number of carbonyl (C=O) groups is 1. The van der Waals surface area contributed by atoms with Crippen LogP contribution in [-0.2, 0) is 4.79 Å². The Morgan fingerprint density at radius 1 is 1.50 bits per heavy atom. The molecule has 0 aromatic heterocycles. The molecule has 0 aliphatic rings. The van der Waals surface area contributed by atoms with Crippen LogP contribution >= 0.6 is 0 Å². The standard InChI is InChI=1S/C11H15NO4/c1-15-8-4-5-10(9(12)7-8)16-6-2-3-11(13)14/h4-5,7H,2-3,6,12H2,1H3,(H,13,14). The van der Waals surface area contributed by atoms with E-state index in [9.17, 15) is 4.79 Å². The minimum absolute atomic E-state index is 0.0933. The second-order valence-corrected chi connectivity index (χ2v) is 3.25. The van der Waals surface area contributed by atoms with Crippen LogP contribution in [0.4, 0.5) is 5.69 Å². The molecule has 88 valence electrons. The molecule has 0 heterocycles. The summed E-state index contributed by atoms with van der Waals surface area (Å²) in [4.78, 5) is 10.3. The van der Waals surface area contributed by atoms with Crippen molar-refractivity contribution in [2.24, 2.45) is 0 Å². The first-order chi connectivity index (χ1) is 7.63. The van der Waals surface area contributed by atoms with E-state index in [1.807, 2.05) is 0 Å². The second-order valence-electron chi connectivity index (χ2n) is 3.25. The topological polar surface area (TPSA) is 81.8 Å². The lowest BCUT2D eigenvalue weighted by Gasteiger charge is -2.09. The van der Waals surface area contributed by atoms with Crippen molar-refractivity contribution in [1.82, 2.24) is 0 Å². The summed E-state index contributed by atoms with van der Waals surface area (Å²) in [5.41, 5.74) is 6.20. The molecular weight excluding hydrogens is 210 g/mol. The number of hydrogen-bond acceptors (Lipinski definition) is 4. The maximum Gasteiger partial charge on any atom is 0.303 e. The Hall–Kier alpha value is -1.91. The molecule has 5 nitrogen and oxygen atoms in total. The molecule has 0 unspecified atom stereocenters. The highest BCUT2D eigenvalue weighted by atomic mass is 16.5. The number of rotatable bonds is 6. The first-order valence-corrected chi connectivity index (χ1v) is 4.91. The van der Waals surface area contributed by atoms with Gasteiger partial charge in [-0.1, -0.05) is 0 Å². The van der Waals surface area contributed by atoms with Crippen LogP contribution in [0.3, 0.4) is 0 Å². The Balaban J connectivity index is 2.45. The third-order valence-corrected chi connectivity index (χ3v) is 2.01. The zero-order valence-electron chi connectivity index (χ0n) is 9.10. The van der Waals surface area contributed by atoms with Crippen molar-refractivity contribution in [2.45, 2.75) is 12.8 Å². The summed E-state index contributed by atoms with van der Waals surface area (Å²) in [6.45, 7) is 0.336. The highest BCUT2D eigenvalue weighted by Crippen LogP contribution is 2.26. The minimum Gasteiger partial charge on any atom is -0.497 e. The maximum absolute atomic E-state index is 10.3. The molecule has 0 aliphatic carbocycles. The molecule has 3 N–H and O–H groups in total. The monoisotopic (exact) mass is 225 g/mol. The number of benzene rings is 1. The number of carboxylic acids is 1. The number of aliphatic carboxylic acids is 1. The lowest BCUT2D eigenvalue weighted by molar-refractivity contribution is -0.137. The van der Waals surface area contributed by atoms with Crippen LogP contribution in [-0.4, -0.2) is 24.8 Å². The Labute approximate surface area is 93.8 Å². The molecule has 0 spiro atoms. The van der Waals surface area contributed by atoms with Gasteiger partial charge in [-0.25, -0.2) is 0 Å². The number of nitrogen functional groups attached to an aromatic ring is 1. The Morgan fingerprint density at radius 3 is 2.81 bits per heavy atom. The van der Waals surface area contributed by atoms with E-state index in [0.29, 0.717) is 30.2 Å². The molecule has 5 heteroatoms. The minimum atomic E-state index is -0.827. The van der Waals surface area contributed by atoms with Gasteiger partial charge in [0.1, 0.15) is 11.5 Å². The van der Waals surface area contributed by atoms with E-state index in [4.69, 9.17) is 20.3 Å². The Kier molecular flexibility index (Phi) is 4.44. The molecule has 1 rings (SSSR count). The molecule has 1 aromatic carbocycles. The van der Waals surface area contributed by atoms with Crippen LogP contribution in [0.25, 0.3) is 0 Å². The quantitative estimate of drug-likeness (QED) is 0.566. The lowest BCUT2D eigenvalue weighted by Crippen LogP contribution is -2.03. The molecule has 1 aromatic rings. The van der Waals surface area contributed by atoms with Crippen molar-refractivity contribution < 1.29 is 19.4 Å². The van der Waals surface area contributed by atoms with E-state index >= 15 is 0 Å². The predicted molar refractivity (Wildman–Crippen MR) is 59.8 cm³/mol. The molecule has 0 bridgehead atoms. The van der Waals surface area contributed by atoms with Crippen LogP contribution < -0.4 is 15.2 Å². The first kappa shape index (κ1) is 12.2. The average molecular weight is 225 g/mol. The van der Waals surface area contributed by atoms with Crippen LogP contribution in [0.1, 0.15) is 12.8 Å². The number of methoxy groups -OCH3 is 1. The van der Waals surface area contributed by atoms with Crippen molar-refractivity contribution in [2.75, 3.05) is 19.5 Å². The Bertz CT molecular complexity index is 365. The summed E-state index contributed by atoms with van der Waals surface area (Å²) in [5.74, 6) is 0.382. The number of nitrogens with two attached hydrogens (primary N) is 1. The van der Waals surface area contributed by atoms with Gasteiger partial charge in [0.2, 0.25) is 0 Å². The van der Waals surface area contributed by atoms with Gasteiger partial charge in [0.25, 0.3) is 0 Å². The average Bonchev–Trinajstić information content (AvgIpc) is 2.25. The molecule has 0 radical (unpaired) electrons. The molecule has 0 saturated carbocycles. The van der Waals surface area contributed by atoms with Crippen molar-refractivity contribution in [3.63, 3.8) is 0 Å². The zero-order valence-corrected chi connectivity index (χ0v) is 9.10. The molecule has 0 atom stereocenters. The van der Waals surface area contributed by atoms with Crippen LogP contribution in [0.2, 0.25) is 0 Å². The van der Waals surface area contributed by atoms with Crippen molar-refractivity contribution in [3.8, 4) is 11.5 Å². The summed E-state index contributed by atoms with van der Waals surface area (Å²) in [5, 5.41) is 8.44. The SMILES string of the molecule is COc1ccc(OCCCC(=O)O)c(N)c1. The highest BCUT2D eigenvalue weighted by molar-refractivity contribution is 5.66. The summed E-state index contributed by atoms with van der Waals surface area (Å²) in [6, 6.07) is 5.10. The molecule has 16 heavy (non-hydrogen) atoms. The van der Waals surface area contributed by atoms with Gasteiger partial charge < -0.3 is 20.3 Å². The van der Waals surface area contributed by atoms with Gasteiger partial charge in [-0.15, -0.1) is 0 Å². The van der Waals surface area contributed by atoms with Gasteiger partial charge in [0.15, 0.2) is 0 Å². The summed E-state index contributed by atoms with van der Waals surface area (Å²) in [6.07, 6.45) is 0.552. The maximum atomic E-state index is 10.3. The second kappa shape index (κ2) is 5.85. The third kappa shape index (κ3) is 3.68. The molecular formula is C11H15NO4. The van der Waals surface area contributed by atoms with E-state index < -0.39 is 5.97 Å². The normalized spacial score (nSPS) is 9.81. The Morgan fingerprint density at radius 2 is 2.25 bits per heavy atom. The van der Waals surface area contributed by atoms with Gasteiger partial charge >= 0.3 is 5.97 Å². The molecule has 0 aliphatic heterocycles. The van der Waals surface area contributed by atoms with Gasteiger partial charge in [-0.3, -0.25) is 4.79 Å². The number of carboxylic acid groups (broad SMARTS) is 1. The van der Waals surface area contributed by atoms with Crippen LogP contribution in [0, 0.1) is 0 Å². The molecule has 0 saturated heterocycles. The van der Waals surface area contributed by atoms with Crippen LogP contribution in [0.15, 0.2) is 18.2 Å². The van der Waals surface area contributed by atoms with E-state index in [0.717, 1.165) is 0 Å². The zero-order chi connectivity index (χ0) is 12.0. The smallest absolute Gasteiger partial charge is 0.303 e. The fraction of sp³-hybridized carbons (Fsp3) is 0.364. The van der Waals surface area contributed by atoms with Crippen molar-refractivity contribution >= 4 is 11.7 Å². The number of ether oxygens (including phenoxy) is 2. The van der Waals surface area contributed by atoms with E-state index in [1.165, 1.54) is 0 Å². The summed E-state index contributed by atoms with van der Waals surface area (Å²) >= 11 is 0. The molecule has 0 fully saturated rings. The van der Waals surface area contributed by atoms with E-state index in [2.05, 4.69) is 0 Å². The van der Waals surface area contributed by atoms with E-state index in [1.54, 1.807) is 25.3 Å². The van der Waals surface area contributed by atoms with Gasteiger partial charge in [-0.2, -0.15) is 0 Å². The largest absolute Gasteiger partial charge is 0.497 e. The summed E-state index contributed by atoms with van der Waals surface area (Å²) < 4.78 is 10.3. The predicted octanol–water partition coefficient (Wildman–Crippen LogP) is 1.52. The number of hydrogen-bond donors (Lipinski definition) is 2. The highest BCUT2D eigenvalue weighted by Gasteiger charge is 2.03. The third-order valence-electron chi connectivity index (χ3n) is 2.01. The fourth-order valence-corrected chi connectivity index (χ4v) is 1.19. The molecule has 0 amide bonds. The first-order valence-electron chi connectivity index (χ1n) is 4.91. The van der Waals surface area contributed by atoms with Gasteiger partial charge in [0.05, 0.1) is 19.4 Å². The fourth-order valence-electron chi connectivity index (χ4n) is 1.19.